The average molecular weight is 493 g/mol. The molecule has 6 atom stereocenters. The normalized spacial score (nSPS) is 39.8. The van der Waals surface area contributed by atoms with E-state index in [0.29, 0.717) is 12.5 Å². The minimum absolute atomic E-state index is 0.0185. The van der Waals surface area contributed by atoms with Crippen LogP contribution in [0, 0.1) is 34.0 Å². The molecule has 0 aromatic carbocycles. The van der Waals surface area contributed by atoms with Crippen molar-refractivity contribution in [1.29, 1.82) is 0 Å². The van der Waals surface area contributed by atoms with Crippen LogP contribution in [0.5, 0.6) is 0 Å². The summed E-state index contributed by atoms with van der Waals surface area (Å²) in [6, 6.07) is 0. The maximum Gasteiger partial charge on any atom is 0.316 e. The molecule has 194 valence electrons. The molecule has 1 aliphatic heterocycles. The van der Waals surface area contributed by atoms with Crippen LogP contribution in [-0.4, -0.2) is 47.5 Å². The number of hydrogen-bond donors (Lipinski definition) is 0. The van der Waals surface area contributed by atoms with Crippen molar-refractivity contribution in [3.63, 3.8) is 0 Å². The number of carbonyl (C=O) groups excluding carboxylic acids is 1. The smallest absolute Gasteiger partial charge is 0.316 e. The van der Waals surface area contributed by atoms with Crippen molar-refractivity contribution >= 4 is 14.3 Å². The molecule has 1 saturated heterocycles. The molecule has 0 aromatic heterocycles. The molecular weight excluding hydrogens is 444 g/mol. The van der Waals surface area contributed by atoms with Gasteiger partial charge in [-0.15, -0.1) is 0 Å². The Hall–Kier alpha value is -0.693. The van der Waals surface area contributed by atoms with E-state index >= 15 is 0 Å². The Morgan fingerprint density at radius 3 is 2.56 bits per heavy atom. The summed E-state index contributed by atoms with van der Waals surface area (Å²) in [7, 11) is -0.258. The fourth-order valence-corrected chi connectivity index (χ4v) is 8.91. The Bertz CT molecular complexity index is 804. The second-order valence-corrected chi connectivity index (χ2v) is 18.8. The quantitative estimate of drug-likeness (QED) is 0.187. The molecule has 0 amide bonds. The van der Waals surface area contributed by atoms with Gasteiger partial charge in [0, 0.05) is 25.0 Å². The van der Waals surface area contributed by atoms with Crippen LogP contribution in [0.15, 0.2) is 12.2 Å². The molecule has 2 bridgehead atoms. The SMILES string of the molecule is C=C1C[C@H]2CC(OCOC)C3C1(C2)C(=O)OCC31CCCC(C)(C)C1CO[Si](C)(C)C(C)(C)C. The van der Waals surface area contributed by atoms with Gasteiger partial charge in [0.1, 0.15) is 6.79 Å². The highest BCUT2D eigenvalue weighted by atomic mass is 28.4. The third-order valence-electron chi connectivity index (χ3n) is 10.6. The van der Waals surface area contributed by atoms with Crippen LogP contribution in [0.2, 0.25) is 18.1 Å². The summed E-state index contributed by atoms with van der Waals surface area (Å²) >= 11 is 0. The molecule has 4 rings (SSSR count). The second-order valence-electron chi connectivity index (χ2n) is 13.9. The summed E-state index contributed by atoms with van der Waals surface area (Å²) in [5.41, 5.74) is 0.368. The minimum Gasteiger partial charge on any atom is -0.464 e. The highest BCUT2D eigenvalue weighted by Gasteiger charge is 2.71. The van der Waals surface area contributed by atoms with E-state index in [1.54, 1.807) is 7.11 Å². The number of methoxy groups -OCH3 is 1. The van der Waals surface area contributed by atoms with Crippen LogP contribution in [0.25, 0.3) is 0 Å². The van der Waals surface area contributed by atoms with E-state index in [-0.39, 0.29) is 46.6 Å². The van der Waals surface area contributed by atoms with Gasteiger partial charge in [0.25, 0.3) is 0 Å². The van der Waals surface area contributed by atoms with Crippen molar-refractivity contribution in [2.45, 2.75) is 97.4 Å². The number of hydrogen-bond acceptors (Lipinski definition) is 5. The van der Waals surface area contributed by atoms with Crippen molar-refractivity contribution < 1.29 is 23.4 Å². The highest BCUT2D eigenvalue weighted by molar-refractivity contribution is 6.74. The molecule has 5 unspecified atom stereocenters. The van der Waals surface area contributed by atoms with E-state index in [1.807, 2.05) is 0 Å². The minimum atomic E-state index is -1.94. The van der Waals surface area contributed by atoms with Gasteiger partial charge < -0.3 is 18.6 Å². The standard InChI is InChI=1S/C28H48O5Si/c1-19-13-20-14-21(32-18-30-7)23-27(17-31-24(29)28(19,23)15-20)12-10-11-26(5,6)22(27)16-33-34(8,9)25(2,3)4/h20-23H,1,10-18H2,2-9H3/t20-,21?,22?,23?,27?,28?/m0/s1. The monoisotopic (exact) mass is 492 g/mol. The van der Waals surface area contributed by atoms with Gasteiger partial charge in [-0.2, -0.15) is 0 Å². The van der Waals surface area contributed by atoms with E-state index < -0.39 is 13.7 Å². The summed E-state index contributed by atoms with van der Waals surface area (Å²) in [6.45, 7) is 22.3. The van der Waals surface area contributed by atoms with Gasteiger partial charge in [-0.3, -0.25) is 4.79 Å². The van der Waals surface area contributed by atoms with E-state index in [9.17, 15) is 4.79 Å². The lowest BCUT2D eigenvalue weighted by atomic mass is 9.44. The second kappa shape index (κ2) is 8.71. The third-order valence-corrected chi connectivity index (χ3v) is 15.1. The lowest BCUT2D eigenvalue weighted by Crippen LogP contribution is -2.66. The van der Waals surface area contributed by atoms with E-state index in [0.717, 1.165) is 44.3 Å². The summed E-state index contributed by atoms with van der Waals surface area (Å²) < 4.78 is 24.9. The number of cyclic esters (lactones) is 1. The van der Waals surface area contributed by atoms with Gasteiger partial charge in [0.05, 0.1) is 18.1 Å². The molecule has 4 fully saturated rings. The van der Waals surface area contributed by atoms with Gasteiger partial charge in [0.15, 0.2) is 8.32 Å². The predicted octanol–water partition coefficient (Wildman–Crippen LogP) is 6.34. The molecule has 1 heterocycles. The zero-order chi connectivity index (χ0) is 25.2. The van der Waals surface area contributed by atoms with Crippen molar-refractivity contribution in [3.8, 4) is 0 Å². The summed E-state index contributed by atoms with van der Waals surface area (Å²) in [4.78, 5) is 13.6. The Morgan fingerprint density at radius 2 is 1.91 bits per heavy atom. The number of carbonyl (C=O) groups is 1. The van der Waals surface area contributed by atoms with Crippen LogP contribution in [-0.2, 0) is 23.4 Å². The largest absolute Gasteiger partial charge is 0.464 e. The summed E-state index contributed by atoms with van der Waals surface area (Å²) in [5, 5.41) is 0.154. The fourth-order valence-electron chi connectivity index (χ4n) is 7.90. The molecule has 0 N–H and O–H groups in total. The molecule has 0 aromatic rings. The number of ether oxygens (including phenoxy) is 3. The fraction of sp³-hybridized carbons (Fsp3) is 0.893. The lowest BCUT2D eigenvalue weighted by Gasteiger charge is -2.63. The molecule has 2 spiro atoms. The van der Waals surface area contributed by atoms with Crippen molar-refractivity contribution in [3.05, 3.63) is 12.2 Å². The Kier molecular flexibility index (Phi) is 6.75. The topological polar surface area (TPSA) is 54.0 Å². The van der Waals surface area contributed by atoms with Gasteiger partial charge >= 0.3 is 5.97 Å². The Morgan fingerprint density at radius 1 is 1.21 bits per heavy atom. The molecule has 0 radical (unpaired) electrons. The molecular formula is C28H48O5Si. The first kappa shape index (κ1) is 26.4. The molecule has 34 heavy (non-hydrogen) atoms. The first-order valence-corrected chi connectivity index (χ1v) is 16.2. The van der Waals surface area contributed by atoms with Crippen molar-refractivity contribution in [2.75, 3.05) is 27.1 Å². The molecule has 3 saturated carbocycles. The van der Waals surface area contributed by atoms with E-state index in [4.69, 9.17) is 18.6 Å². The van der Waals surface area contributed by atoms with Crippen LogP contribution >= 0.6 is 0 Å². The summed E-state index contributed by atoms with van der Waals surface area (Å²) in [6.07, 6.45) is 6.08. The zero-order valence-corrected chi connectivity index (χ0v) is 23.9. The van der Waals surface area contributed by atoms with Gasteiger partial charge in [-0.25, -0.2) is 0 Å². The van der Waals surface area contributed by atoms with Gasteiger partial charge in [-0.1, -0.05) is 53.2 Å². The summed E-state index contributed by atoms with van der Waals surface area (Å²) in [5.74, 6) is 0.729. The number of rotatable bonds is 6. The average Bonchev–Trinajstić information content (AvgIpc) is 2.97. The Balaban J connectivity index is 1.79. The first-order valence-electron chi connectivity index (χ1n) is 13.3. The van der Waals surface area contributed by atoms with Crippen molar-refractivity contribution in [1.82, 2.24) is 0 Å². The Labute approximate surface area is 208 Å². The maximum atomic E-state index is 13.6. The molecule has 4 aliphatic rings. The predicted molar refractivity (Wildman–Crippen MR) is 137 cm³/mol. The first-order chi connectivity index (χ1) is 15.7. The molecule has 6 heteroatoms. The van der Waals surface area contributed by atoms with E-state index in [2.05, 4.69) is 54.3 Å². The van der Waals surface area contributed by atoms with Gasteiger partial charge in [-0.05, 0) is 67.5 Å². The number of esters is 1. The van der Waals surface area contributed by atoms with Crippen molar-refractivity contribution in [2.24, 2.45) is 34.0 Å². The third kappa shape index (κ3) is 3.95. The van der Waals surface area contributed by atoms with E-state index in [1.165, 1.54) is 6.42 Å². The lowest BCUT2D eigenvalue weighted by molar-refractivity contribution is -0.243. The molecule has 5 nitrogen and oxygen atoms in total. The zero-order valence-electron chi connectivity index (χ0n) is 22.9. The van der Waals surface area contributed by atoms with Crippen LogP contribution in [0.3, 0.4) is 0 Å². The maximum absolute atomic E-state index is 13.6. The van der Waals surface area contributed by atoms with Crippen LogP contribution in [0.1, 0.15) is 73.1 Å². The van der Waals surface area contributed by atoms with Crippen LogP contribution in [0.4, 0.5) is 0 Å². The number of fused-ring (bicyclic) bond motifs is 2. The molecule has 3 aliphatic carbocycles. The van der Waals surface area contributed by atoms with Gasteiger partial charge in [0.2, 0.25) is 0 Å². The highest BCUT2D eigenvalue weighted by Crippen LogP contribution is 2.70. The van der Waals surface area contributed by atoms with Crippen LogP contribution < -0.4 is 0 Å².